The van der Waals surface area contributed by atoms with Crippen LogP contribution in [0.2, 0.25) is 0 Å². The predicted molar refractivity (Wildman–Crippen MR) is 129 cm³/mol. The summed E-state index contributed by atoms with van der Waals surface area (Å²) in [5.74, 6) is 0.707. The van der Waals surface area contributed by atoms with Crippen LogP contribution < -0.4 is 0 Å². The van der Waals surface area contributed by atoms with E-state index in [1.54, 1.807) is 21.6 Å². The van der Waals surface area contributed by atoms with Crippen molar-refractivity contribution in [1.82, 2.24) is 39.7 Å². The molecule has 1 amide bonds. The molecule has 0 saturated heterocycles. The molecule has 2 aromatic carbocycles. The Hall–Kier alpha value is -4.40. The van der Waals surface area contributed by atoms with Crippen LogP contribution in [0.3, 0.4) is 0 Å². The molecule has 3 aromatic heterocycles. The van der Waals surface area contributed by atoms with Crippen LogP contribution in [0.4, 0.5) is 0 Å². The number of carbonyl (C=O) groups is 1. The smallest absolute Gasteiger partial charge is 0.227 e. The van der Waals surface area contributed by atoms with E-state index in [-0.39, 0.29) is 18.4 Å². The molecule has 1 unspecified atom stereocenters. The van der Waals surface area contributed by atoms with Gasteiger partial charge in [-0.15, -0.1) is 5.10 Å². The van der Waals surface area contributed by atoms with Gasteiger partial charge in [0, 0.05) is 17.8 Å². The van der Waals surface area contributed by atoms with Crippen molar-refractivity contribution < 1.29 is 4.79 Å². The van der Waals surface area contributed by atoms with Crippen LogP contribution >= 0.6 is 0 Å². The summed E-state index contributed by atoms with van der Waals surface area (Å²) in [6.07, 6.45) is 4.33. The average Bonchev–Trinajstić information content (AvgIpc) is 3.48. The van der Waals surface area contributed by atoms with Crippen molar-refractivity contribution in [2.75, 3.05) is 0 Å². The molecule has 9 heteroatoms. The highest BCUT2D eigenvalue weighted by molar-refractivity contribution is 5.80. The molecule has 0 N–H and O–H groups in total. The van der Waals surface area contributed by atoms with Gasteiger partial charge in [-0.25, -0.2) is 4.68 Å². The van der Waals surface area contributed by atoms with Crippen LogP contribution in [-0.2, 0) is 24.2 Å². The van der Waals surface area contributed by atoms with E-state index >= 15 is 0 Å². The quantitative estimate of drug-likeness (QED) is 0.406. The number of amides is 1. The van der Waals surface area contributed by atoms with Gasteiger partial charge < -0.3 is 4.90 Å². The third-order valence-corrected chi connectivity index (χ3v) is 6.83. The van der Waals surface area contributed by atoms with Gasteiger partial charge in [-0.2, -0.15) is 9.61 Å². The summed E-state index contributed by atoms with van der Waals surface area (Å²) in [5, 5.41) is 16.5. The average molecular weight is 465 g/mol. The number of aryl methyl sites for hydroxylation is 1. The topological polar surface area (TPSA) is 94.1 Å². The molecule has 4 heterocycles. The van der Waals surface area contributed by atoms with Crippen LogP contribution in [-0.4, -0.2) is 45.6 Å². The van der Waals surface area contributed by atoms with Crippen molar-refractivity contribution in [1.29, 1.82) is 0 Å². The molecular formula is C26H24N8O. The molecule has 0 aliphatic carbocycles. The highest BCUT2D eigenvalue weighted by Crippen LogP contribution is 2.34. The summed E-state index contributed by atoms with van der Waals surface area (Å²) in [6.45, 7) is 4.49. The number of carbonyl (C=O) groups excluding carboxylic acids is 1. The number of aromatic nitrogens is 7. The summed E-state index contributed by atoms with van der Waals surface area (Å²) >= 11 is 0. The van der Waals surface area contributed by atoms with Gasteiger partial charge in [0.15, 0.2) is 11.5 Å². The fourth-order valence-corrected chi connectivity index (χ4v) is 4.97. The molecule has 1 aliphatic heterocycles. The molecule has 5 aromatic rings. The van der Waals surface area contributed by atoms with E-state index in [1.165, 1.54) is 11.1 Å². The molecule has 35 heavy (non-hydrogen) atoms. The Morgan fingerprint density at radius 2 is 1.77 bits per heavy atom. The lowest BCUT2D eigenvalue weighted by molar-refractivity contribution is -0.134. The Kier molecular flexibility index (Phi) is 5.09. The second kappa shape index (κ2) is 8.43. The fraction of sp³-hybridized carbons (Fsp3) is 0.231. The SMILES string of the molecule is Cc1nn(-c2cncc3nnnn23)c(C)c1CC(=O)N1Cc2ccccc2CC1c1ccccc1. The summed E-state index contributed by atoms with van der Waals surface area (Å²) in [4.78, 5) is 20.1. The van der Waals surface area contributed by atoms with E-state index in [1.807, 2.05) is 43.0 Å². The van der Waals surface area contributed by atoms with Crippen molar-refractivity contribution in [3.63, 3.8) is 0 Å². The van der Waals surface area contributed by atoms with Gasteiger partial charge >= 0.3 is 0 Å². The molecule has 9 nitrogen and oxygen atoms in total. The number of hydrogen-bond acceptors (Lipinski definition) is 6. The van der Waals surface area contributed by atoms with E-state index in [2.05, 4.69) is 50.8 Å². The zero-order valence-electron chi connectivity index (χ0n) is 19.5. The van der Waals surface area contributed by atoms with E-state index in [0.717, 1.165) is 28.9 Å². The summed E-state index contributed by atoms with van der Waals surface area (Å²) < 4.78 is 3.35. The number of tetrazole rings is 1. The molecule has 0 spiro atoms. The molecule has 0 bridgehead atoms. The lowest BCUT2D eigenvalue weighted by atomic mass is 9.89. The maximum atomic E-state index is 13.8. The van der Waals surface area contributed by atoms with E-state index in [9.17, 15) is 4.79 Å². The second-order valence-electron chi connectivity index (χ2n) is 8.87. The standard InChI is InChI=1S/C26H24N8O/c1-17-22(18(2)33(29-17)25-15-27-14-24-28-30-31-34(24)25)13-26(35)32-16-21-11-7-6-10-20(21)12-23(32)19-8-4-3-5-9-19/h3-11,14-15,23H,12-13,16H2,1-2H3. The van der Waals surface area contributed by atoms with Crippen molar-refractivity contribution in [3.8, 4) is 5.82 Å². The largest absolute Gasteiger partial charge is 0.331 e. The lowest BCUT2D eigenvalue weighted by Crippen LogP contribution is -2.39. The molecule has 174 valence electrons. The Morgan fingerprint density at radius 3 is 2.60 bits per heavy atom. The maximum absolute atomic E-state index is 13.8. The number of rotatable bonds is 4. The number of fused-ring (bicyclic) bond motifs is 2. The summed E-state index contributed by atoms with van der Waals surface area (Å²) in [6, 6.07) is 18.7. The Balaban J connectivity index is 1.35. The van der Waals surface area contributed by atoms with E-state index in [0.29, 0.717) is 18.0 Å². The van der Waals surface area contributed by atoms with Gasteiger partial charge in [-0.3, -0.25) is 9.78 Å². The third kappa shape index (κ3) is 3.65. The first-order chi connectivity index (χ1) is 17.1. The van der Waals surface area contributed by atoms with Gasteiger partial charge in [-0.05, 0) is 47.4 Å². The Bertz CT molecular complexity index is 1540. The highest BCUT2D eigenvalue weighted by atomic mass is 16.2. The minimum atomic E-state index is -0.00608. The molecule has 0 radical (unpaired) electrons. The van der Waals surface area contributed by atoms with Crippen LogP contribution in [0.15, 0.2) is 67.0 Å². The zero-order valence-corrected chi connectivity index (χ0v) is 19.5. The first kappa shape index (κ1) is 21.2. The van der Waals surface area contributed by atoms with Gasteiger partial charge in [0.25, 0.3) is 0 Å². The minimum Gasteiger partial charge on any atom is -0.331 e. The minimum absolute atomic E-state index is 0.00608. The van der Waals surface area contributed by atoms with Crippen LogP contribution in [0.25, 0.3) is 11.5 Å². The number of benzene rings is 2. The summed E-state index contributed by atoms with van der Waals surface area (Å²) in [5.41, 5.74) is 6.76. The second-order valence-corrected chi connectivity index (χ2v) is 8.87. The first-order valence-electron chi connectivity index (χ1n) is 11.6. The molecular weight excluding hydrogens is 440 g/mol. The Morgan fingerprint density at radius 1 is 1.00 bits per heavy atom. The molecule has 6 rings (SSSR count). The molecule has 0 fully saturated rings. The van der Waals surface area contributed by atoms with Crippen LogP contribution in [0.5, 0.6) is 0 Å². The lowest BCUT2D eigenvalue weighted by Gasteiger charge is -2.37. The third-order valence-electron chi connectivity index (χ3n) is 6.83. The van der Waals surface area contributed by atoms with Gasteiger partial charge in [-0.1, -0.05) is 54.6 Å². The van der Waals surface area contributed by atoms with Crippen molar-refractivity contribution in [2.24, 2.45) is 0 Å². The van der Waals surface area contributed by atoms with Gasteiger partial charge in [0.1, 0.15) is 0 Å². The monoisotopic (exact) mass is 464 g/mol. The number of hydrogen-bond donors (Lipinski definition) is 0. The first-order valence-corrected chi connectivity index (χ1v) is 11.6. The van der Waals surface area contributed by atoms with Crippen molar-refractivity contribution >= 4 is 11.6 Å². The zero-order chi connectivity index (χ0) is 23.9. The van der Waals surface area contributed by atoms with Gasteiger partial charge in [0.2, 0.25) is 5.91 Å². The summed E-state index contributed by atoms with van der Waals surface area (Å²) in [7, 11) is 0. The molecule has 0 saturated carbocycles. The number of nitrogens with zero attached hydrogens (tertiary/aromatic N) is 8. The Labute approximate surface area is 202 Å². The van der Waals surface area contributed by atoms with Crippen molar-refractivity contribution in [3.05, 3.63) is 101 Å². The fourth-order valence-electron chi connectivity index (χ4n) is 4.97. The predicted octanol–water partition coefficient (Wildman–Crippen LogP) is 3.19. The molecule has 1 atom stereocenters. The molecule has 1 aliphatic rings. The maximum Gasteiger partial charge on any atom is 0.227 e. The van der Waals surface area contributed by atoms with E-state index in [4.69, 9.17) is 5.10 Å². The highest BCUT2D eigenvalue weighted by Gasteiger charge is 2.31. The van der Waals surface area contributed by atoms with E-state index < -0.39 is 0 Å². The normalized spacial score (nSPS) is 15.4. The van der Waals surface area contributed by atoms with Gasteiger partial charge in [0.05, 0.1) is 30.6 Å². The van der Waals surface area contributed by atoms with Crippen molar-refractivity contribution in [2.45, 2.75) is 39.3 Å². The van der Waals surface area contributed by atoms with Crippen LogP contribution in [0.1, 0.15) is 39.7 Å². The van der Waals surface area contributed by atoms with Crippen LogP contribution in [0, 0.1) is 13.8 Å².